The van der Waals surface area contributed by atoms with Gasteiger partial charge in [-0.3, -0.25) is 9.69 Å². The highest BCUT2D eigenvalue weighted by Crippen LogP contribution is 2.48. The van der Waals surface area contributed by atoms with Gasteiger partial charge in [0.25, 0.3) is 0 Å². The molecular formula is C23H30FNO4Si. The van der Waals surface area contributed by atoms with Gasteiger partial charge >= 0.3 is 0 Å². The molecule has 0 spiro atoms. The molecule has 30 heavy (non-hydrogen) atoms. The summed E-state index contributed by atoms with van der Waals surface area (Å²) in [5, 5.41) is 9.50. The van der Waals surface area contributed by atoms with Gasteiger partial charge in [-0.15, -0.1) is 0 Å². The van der Waals surface area contributed by atoms with Crippen LogP contribution in [-0.4, -0.2) is 39.7 Å². The minimum absolute atomic E-state index is 0.0770. The summed E-state index contributed by atoms with van der Waals surface area (Å²) >= 11 is 0. The van der Waals surface area contributed by atoms with Crippen LogP contribution in [0.5, 0.6) is 5.75 Å². The van der Waals surface area contributed by atoms with Crippen LogP contribution >= 0.6 is 0 Å². The van der Waals surface area contributed by atoms with Gasteiger partial charge in [-0.25, -0.2) is 0 Å². The van der Waals surface area contributed by atoms with Gasteiger partial charge in [0.2, 0.25) is 14.8 Å². The zero-order valence-corrected chi connectivity index (χ0v) is 18.9. The Bertz CT molecular complexity index is 858. The molecule has 0 saturated heterocycles. The molecule has 5 nitrogen and oxygen atoms in total. The maximum absolute atomic E-state index is 15.1. The minimum Gasteiger partial charge on any atom is -0.490 e. The molecule has 1 N–H and O–H groups in total. The maximum Gasteiger partial charge on any atom is 0.247 e. The average Bonchev–Trinajstić information content (AvgIpc) is 2.72. The van der Waals surface area contributed by atoms with E-state index in [1.54, 1.807) is 25.1 Å². The molecule has 0 saturated carbocycles. The second-order valence-corrected chi connectivity index (χ2v) is 12.2. The topological polar surface area (TPSA) is 59.0 Å². The summed E-state index contributed by atoms with van der Waals surface area (Å²) in [6.45, 7) is 5.23. The fraction of sp³-hybridized carbons (Fsp3) is 0.435. The third kappa shape index (κ3) is 4.43. The van der Waals surface area contributed by atoms with Gasteiger partial charge in [-0.1, -0.05) is 25.1 Å². The number of amides is 1. The maximum atomic E-state index is 15.1. The Morgan fingerprint density at radius 3 is 2.50 bits per heavy atom. The highest BCUT2D eigenvalue weighted by molar-refractivity contribution is 6.72. The summed E-state index contributed by atoms with van der Waals surface area (Å²) in [7, 11) is -1.44. The Hall–Kier alpha value is -2.22. The summed E-state index contributed by atoms with van der Waals surface area (Å²) < 4.78 is 27.2. The third-order valence-electron chi connectivity index (χ3n) is 5.95. The van der Waals surface area contributed by atoms with Crippen molar-refractivity contribution in [1.29, 1.82) is 0 Å². The Labute approximate surface area is 178 Å². The highest BCUT2D eigenvalue weighted by atomic mass is 28.4. The molecule has 1 amide bonds. The van der Waals surface area contributed by atoms with E-state index in [1.165, 1.54) is 0 Å². The molecule has 7 heteroatoms. The number of ether oxygens (including phenoxy) is 2. The summed E-state index contributed by atoms with van der Waals surface area (Å²) in [5.41, 5.74) is 1.96. The molecule has 1 aliphatic heterocycles. The number of rotatable bonds is 8. The molecule has 0 fully saturated rings. The molecule has 2 aromatic rings. The summed E-state index contributed by atoms with van der Waals surface area (Å²) in [6.07, 6.45) is 0.453. The van der Waals surface area contributed by atoms with Crippen molar-refractivity contribution in [3.05, 3.63) is 54.1 Å². The molecule has 0 aliphatic carbocycles. The number of methoxy groups -OCH3 is 1. The van der Waals surface area contributed by atoms with Crippen LogP contribution in [0, 0.1) is 5.92 Å². The molecule has 0 radical (unpaired) electrons. The van der Waals surface area contributed by atoms with Crippen molar-refractivity contribution in [2.24, 2.45) is 5.92 Å². The number of halogens is 1. The Morgan fingerprint density at radius 1 is 1.23 bits per heavy atom. The van der Waals surface area contributed by atoms with Gasteiger partial charge in [0.15, 0.2) is 0 Å². The molecule has 0 bridgehead atoms. The normalized spacial score (nSPS) is 22.0. The summed E-state index contributed by atoms with van der Waals surface area (Å²) in [6, 6.07) is 14.9. The summed E-state index contributed by atoms with van der Waals surface area (Å²) in [4.78, 5) is 13.4. The van der Waals surface area contributed by atoms with Crippen molar-refractivity contribution in [3.63, 3.8) is 0 Å². The summed E-state index contributed by atoms with van der Waals surface area (Å²) in [5.74, 6) is 0.520. The molecule has 162 valence electrons. The fourth-order valence-corrected chi connectivity index (χ4v) is 6.38. The second kappa shape index (κ2) is 9.28. The van der Waals surface area contributed by atoms with Crippen LogP contribution in [0.3, 0.4) is 0 Å². The number of para-hydroxylation sites is 1. The lowest BCUT2D eigenvalue weighted by Gasteiger charge is -2.43. The fourth-order valence-electron chi connectivity index (χ4n) is 4.41. The van der Waals surface area contributed by atoms with Crippen molar-refractivity contribution in [3.8, 4) is 5.75 Å². The number of aliphatic hydroxyl groups excluding tert-OH is 1. The van der Waals surface area contributed by atoms with Crippen molar-refractivity contribution in [2.75, 3.05) is 18.6 Å². The second-order valence-electron chi connectivity index (χ2n) is 8.31. The van der Waals surface area contributed by atoms with Gasteiger partial charge in [-0.05, 0) is 49.8 Å². The van der Waals surface area contributed by atoms with Crippen LogP contribution < -0.4 is 9.64 Å². The smallest absolute Gasteiger partial charge is 0.247 e. The van der Waals surface area contributed by atoms with Gasteiger partial charge in [-0.2, -0.15) is 0 Å². The Balaban J connectivity index is 2.00. The number of nitrogens with zero attached hydrogens (tertiary/aromatic N) is 1. The number of hydrogen-bond donors (Lipinski definition) is 1. The first-order valence-corrected chi connectivity index (χ1v) is 13.2. The first-order valence-electron chi connectivity index (χ1n) is 10.2. The van der Waals surface area contributed by atoms with E-state index in [9.17, 15) is 9.90 Å². The predicted molar refractivity (Wildman–Crippen MR) is 118 cm³/mol. The lowest BCUT2D eigenvalue weighted by Crippen LogP contribution is -2.46. The molecular weight excluding hydrogens is 401 g/mol. The number of anilines is 2. The van der Waals surface area contributed by atoms with E-state index in [-0.39, 0.29) is 30.3 Å². The van der Waals surface area contributed by atoms with Gasteiger partial charge in [0, 0.05) is 42.1 Å². The number of fused-ring (bicyclic) bond motifs is 1. The van der Waals surface area contributed by atoms with Crippen molar-refractivity contribution in [2.45, 2.75) is 44.2 Å². The average molecular weight is 432 g/mol. The van der Waals surface area contributed by atoms with Crippen molar-refractivity contribution < 1.29 is 23.5 Å². The van der Waals surface area contributed by atoms with Crippen molar-refractivity contribution in [1.82, 2.24) is 0 Å². The van der Waals surface area contributed by atoms with E-state index in [4.69, 9.17) is 9.47 Å². The predicted octanol–water partition coefficient (Wildman–Crippen LogP) is 4.99. The van der Waals surface area contributed by atoms with Gasteiger partial charge < -0.3 is 18.7 Å². The number of aliphatic hydroxyl groups is 1. The van der Waals surface area contributed by atoms with E-state index < -0.39 is 8.41 Å². The first kappa shape index (κ1) is 22.5. The lowest BCUT2D eigenvalue weighted by molar-refractivity contribution is -0.106. The largest absolute Gasteiger partial charge is 0.490 e. The van der Waals surface area contributed by atoms with Crippen molar-refractivity contribution >= 4 is 26.2 Å². The van der Waals surface area contributed by atoms with Crippen LogP contribution in [0.1, 0.15) is 25.0 Å². The highest BCUT2D eigenvalue weighted by Gasteiger charge is 2.47. The molecule has 2 aromatic carbocycles. The van der Waals surface area contributed by atoms with E-state index in [2.05, 4.69) is 0 Å². The van der Waals surface area contributed by atoms with Crippen LogP contribution in [0.25, 0.3) is 0 Å². The minimum atomic E-state index is -3.07. The van der Waals surface area contributed by atoms with Gasteiger partial charge in [0.05, 0.1) is 6.10 Å². The number of carbonyl (C=O) groups excluding carboxylic acids is 1. The van der Waals surface area contributed by atoms with Crippen LogP contribution in [0.4, 0.5) is 15.5 Å². The molecule has 4 atom stereocenters. The van der Waals surface area contributed by atoms with Crippen LogP contribution in [0.2, 0.25) is 18.6 Å². The quantitative estimate of drug-likeness (QED) is 0.363. The molecule has 1 aliphatic rings. The van der Waals surface area contributed by atoms with E-state index in [1.807, 2.05) is 55.5 Å². The first-order chi connectivity index (χ1) is 14.3. The zero-order valence-electron chi connectivity index (χ0n) is 17.9. The molecule has 3 rings (SSSR count). The van der Waals surface area contributed by atoms with Crippen LogP contribution in [-0.2, 0) is 9.53 Å². The molecule has 1 heterocycles. The standard InChI is InChI=1S/C23H30FNO4Si/c1-16-22(28-2)19-14-18(25(15-27)17-8-6-5-7-9-17)10-11-20(19)29-23(16)21(12-13-26)30(3,4)24/h5-11,14-16,21-23,26H,12-13H2,1-4H3/t16-,21?,22-,23-/m1/s1. The van der Waals surface area contributed by atoms with E-state index in [0.29, 0.717) is 17.9 Å². The van der Waals surface area contributed by atoms with Gasteiger partial charge in [0.1, 0.15) is 11.9 Å². The number of hydrogen-bond acceptors (Lipinski definition) is 4. The Kier molecular flexibility index (Phi) is 6.95. The number of carbonyl (C=O) groups is 1. The Morgan fingerprint density at radius 2 is 1.93 bits per heavy atom. The SMILES string of the molecule is CO[C@H]1c2cc(N(C=O)c3ccccc3)ccc2O[C@@H](C(CCO)[Si](C)(C)F)[C@@H]1C. The number of benzene rings is 2. The van der Waals surface area contributed by atoms with E-state index in [0.717, 1.165) is 17.7 Å². The third-order valence-corrected chi connectivity index (χ3v) is 8.33. The van der Waals surface area contributed by atoms with Crippen LogP contribution in [0.15, 0.2) is 48.5 Å². The van der Waals surface area contributed by atoms with E-state index >= 15 is 4.11 Å². The molecule has 0 aromatic heterocycles. The monoisotopic (exact) mass is 431 g/mol. The molecule has 1 unspecified atom stereocenters. The lowest BCUT2D eigenvalue weighted by atomic mass is 9.86. The zero-order chi connectivity index (χ0) is 21.9.